The smallest absolute Gasteiger partial charge is 0.272 e. The minimum absolute atomic E-state index is 0.0941. The summed E-state index contributed by atoms with van der Waals surface area (Å²) in [6, 6.07) is 19.9. The van der Waals surface area contributed by atoms with Crippen molar-refractivity contribution in [2.75, 3.05) is 41.2 Å². The summed E-state index contributed by atoms with van der Waals surface area (Å²) in [6.45, 7) is 1.64. The average Bonchev–Trinajstić information content (AvgIpc) is 2.93. The number of hydrogen-bond acceptors (Lipinski definition) is 8. The van der Waals surface area contributed by atoms with Crippen LogP contribution in [0.5, 0.6) is 17.2 Å². The Labute approximate surface area is 217 Å². The second-order valence-electron chi connectivity index (χ2n) is 8.20. The van der Waals surface area contributed by atoms with Gasteiger partial charge in [-0.15, -0.1) is 0 Å². The predicted octanol–water partition coefficient (Wildman–Crippen LogP) is 4.98. The molecule has 0 aromatic heterocycles. The van der Waals surface area contributed by atoms with Crippen molar-refractivity contribution in [3.8, 4) is 17.2 Å². The largest absolute Gasteiger partial charge is 0.497 e. The minimum atomic E-state index is -0.377. The third kappa shape index (κ3) is 8.75. The topological polar surface area (TPSA) is 98.5 Å². The molecular formula is C28H33NO8. The number of nitro groups is 1. The van der Waals surface area contributed by atoms with Gasteiger partial charge in [0, 0.05) is 18.1 Å². The van der Waals surface area contributed by atoms with Crippen molar-refractivity contribution in [3.05, 3.63) is 93.5 Å². The number of hydrogen-bond donors (Lipinski definition) is 0. The van der Waals surface area contributed by atoms with Crippen molar-refractivity contribution in [1.82, 2.24) is 0 Å². The van der Waals surface area contributed by atoms with Crippen LogP contribution in [0.4, 0.5) is 5.69 Å². The van der Waals surface area contributed by atoms with Gasteiger partial charge in [0.1, 0.15) is 11.9 Å². The number of nitro benzene ring substituents is 1. The van der Waals surface area contributed by atoms with Crippen LogP contribution in [0.25, 0.3) is 0 Å². The van der Waals surface area contributed by atoms with Crippen LogP contribution < -0.4 is 14.2 Å². The molecule has 9 nitrogen and oxygen atoms in total. The molecular weight excluding hydrogens is 478 g/mol. The van der Waals surface area contributed by atoms with Crippen LogP contribution in [0, 0.1) is 10.1 Å². The first kappa shape index (κ1) is 27.9. The molecule has 0 heterocycles. The second kappa shape index (κ2) is 14.8. The van der Waals surface area contributed by atoms with Crippen LogP contribution in [0.2, 0.25) is 0 Å². The van der Waals surface area contributed by atoms with E-state index in [2.05, 4.69) is 0 Å². The number of para-hydroxylation sites is 1. The van der Waals surface area contributed by atoms with Crippen molar-refractivity contribution in [2.45, 2.75) is 25.7 Å². The van der Waals surface area contributed by atoms with Gasteiger partial charge in [-0.3, -0.25) is 10.1 Å². The van der Waals surface area contributed by atoms with Gasteiger partial charge in [-0.2, -0.15) is 0 Å². The Balaban J connectivity index is 1.55. The van der Waals surface area contributed by atoms with Gasteiger partial charge in [-0.25, -0.2) is 0 Å². The van der Waals surface area contributed by atoms with E-state index >= 15 is 0 Å². The Bertz CT molecular complexity index is 1120. The van der Waals surface area contributed by atoms with Gasteiger partial charge in [0.05, 0.1) is 59.3 Å². The van der Waals surface area contributed by atoms with Gasteiger partial charge in [0.2, 0.25) is 0 Å². The Morgan fingerprint density at radius 3 is 2.19 bits per heavy atom. The molecule has 0 spiro atoms. The third-order valence-corrected chi connectivity index (χ3v) is 5.67. The van der Waals surface area contributed by atoms with E-state index in [4.69, 9.17) is 28.4 Å². The summed E-state index contributed by atoms with van der Waals surface area (Å²) in [5, 5.41) is 11.2. The Morgan fingerprint density at radius 2 is 1.49 bits per heavy atom. The van der Waals surface area contributed by atoms with E-state index in [-0.39, 0.29) is 23.3 Å². The highest BCUT2D eigenvalue weighted by Crippen LogP contribution is 2.27. The van der Waals surface area contributed by atoms with E-state index in [9.17, 15) is 10.1 Å². The van der Waals surface area contributed by atoms with Gasteiger partial charge in [0.25, 0.3) is 5.69 Å². The fourth-order valence-corrected chi connectivity index (χ4v) is 3.66. The molecule has 0 saturated carbocycles. The van der Waals surface area contributed by atoms with Crippen LogP contribution in [-0.4, -0.2) is 52.2 Å². The lowest BCUT2D eigenvalue weighted by Crippen LogP contribution is -2.26. The molecule has 0 N–H and O–H groups in total. The van der Waals surface area contributed by atoms with Crippen LogP contribution in [-0.2, 0) is 33.8 Å². The normalized spacial score (nSPS) is 11.6. The average molecular weight is 512 g/mol. The molecule has 0 radical (unpaired) electrons. The summed E-state index contributed by atoms with van der Waals surface area (Å²) < 4.78 is 33.7. The van der Waals surface area contributed by atoms with E-state index < -0.39 is 0 Å². The molecule has 9 heteroatoms. The maximum absolute atomic E-state index is 11.2. The molecule has 1 atom stereocenters. The Morgan fingerprint density at radius 1 is 0.784 bits per heavy atom. The van der Waals surface area contributed by atoms with E-state index in [1.807, 2.05) is 42.5 Å². The molecule has 3 aromatic carbocycles. The van der Waals surface area contributed by atoms with Gasteiger partial charge in [-0.1, -0.05) is 36.4 Å². The van der Waals surface area contributed by atoms with E-state index in [1.165, 1.54) is 6.07 Å². The van der Waals surface area contributed by atoms with Crippen molar-refractivity contribution in [2.24, 2.45) is 0 Å². The Hall–Kier alpha value is -3.66. The summed E-state index contributed by atoms with van der Waals surface area (Å²) in [7, 11) is 4.81. The molecule has 0 aliphatic rings. The predicted molar refractivity (Wildman–Crippen MR) is 138 cm³/mol. The molecule has 0 saturated heterocycles. The highest BCUT2D eigenvalue weighted by Gasteiger charge is 2.14. The maximum Gasteiger partial charge on any atom is 0.272 e. The molecule has 0 aliphatic heterocycles. The highest BCUT2D eigenvalue weighted by atomic mass is 16.6. The zero-order valence-electron chi connectivity index (χ0n) is 21.4. The van der Waals surface area contributed by atoms with Crippen molar-refractivity contribution < 1.29 is 33.3 Å². The first-order valence-electron chi connectivity index (χ1n) is 11.9. The first-order valence-corrected chi connectivity index (χ1v) is 11.9. The lowest BCUT2D eigenvalue weighted by Gasteiger charge is -2.19. The van der Waals surface area contributed by atoms with Gasteiger partial charge >= 0.3 is 0 Å². The van der Waals surface area contributed by atoms with Crippen LogP contribution >= 0.6 is 0 Å². The molecule has 1 unspecified atom stereocenters. The fourth-order valence-electron chi connectivity index (χ4n) is 3.66. The summed E-state index contributed by atoms with van der Waals surface area (Å²) in [4.78, 5) is 10.9. The number of ether oxygens (including phenoxy) is 6. The third-order valence-electron chi connectivity index (χ3n) is 5.67. The molecule has 198 valence electrons. The lowest BCUT2D eigenvalue weighted by atomic mass is 10.1. The monoisotopic (exact) mass is 511 g/mol. The van der Waals surface area contributed by atoms with Crippen LogP contribution in [0.1, 0.15) is 16.7 Å². The van der Waals surface area contributed by atoms with E-state index in [0.717, 1.165) is 16.9 Å². The van der Waals surface area contributed by atoms with E-state index in [0.29, 0.717) is 49.9 Å². The molecule has 37 heavy (non-hydrogen) atoms. The summed E-state index contributed by atoms with van der Waals surface area (Å²) in [6.07, 6.45) is 0.0856. The van der Waals surface area contributed by atoms with Gasteiger partial charge in [0.15, 0.2) is 11.5 Å². The zero-order valence-corrected chi connectivity index (χ0v) is 21.4. The molecule has 3 aromatic rings. The molecule has 0 aliphatic carbocycles. The zero-order chi connectivity index (χ0) is 26.5. The summed E-state index contributed by atoms with van der Waals surface area (Å²) >= 11 is 0. The first-order chi connectivity index (χ1) is 18.0. The maximum atomic E-state index is 11.2. The highest BCUT2D eigenvalue weighted by molar-refractivity contribution is 5.42. The number of rotatable bonds is 16. The lowest BCUT2D eigenvalue weighted by molar-refractivity contribution is -0.385. The molecule has 0 fully saturated rings. The van der Waals surface area contributed by atoms with Gasteiger partial charge < -0.3 is 28.4 Å². The number of nitrogens with zero attached hydrogens (tertiary/aromatic N) is 1. The van der Waals surface area contributed by atoms with Crippen molar-refractivity contribution >= 4 is 5.69 Å². The number of methoxy groups -OCH3 is 3. The minimum Gasteiger partial charge on any atom is -0.497 e. The SMILES string of the molecule is COc1ccc(COC(COCCc2ccccc2[N+](=O)[O-])COCc2ccc(OC)c(OC)c2)cc1. The molecule has 0 amide bonds. The summed E-state index contributed by atoms with van der Waals surface area (Å²) in [5.74, 6) is 2.06. The van der Waals surface area contributed by atoms with Crippen molar-refractivity contribution in [1.29, 1.82) is 0 Å². The van der Waals surface area contributed by atoms with Gasteiger partial charge in [-0.05, 0) is 35.4 Å². The summed E-state index contributed by atoms with van der Waals surface area (Å²) in [5.41, 5.74) is 2.65. The Kier molecular flexibility index (Phi) is 11.2. The van der Waals surface area contributed by atoms with Crippen molar-refractivity contribution in [3.63, 3.8) is 0 Å². The second-order valence-corrected chi connectivity index (χ2v) is 8.20. The molecule has 3 rings (SSSR count). The standard InChI is InChI=1S/C28H33NO8/c1-32-24-11-8-21(9-12-24)18-37-25(19-35-15-14-23-6-4-5-7-26(23)29(30)31)20-36-17-22-10-13-27(33-2)28(16-22)34-3/h4-13,16,25H,14-15,17-20H2,1-3H3. The van der Waals surface area contributed by atoms with Crippen LogP contribution in [0.15, 0.2) is 66.7 Å². The quantitative estimate of drug-likeness (QED) is 0.151. The van der Waals surface area contributed by atoms with E-state index in [1.54, 1.807) is 39.5 Å². The van der Waals surface area contributed by atoms with Crippen LogP contribution in [0.3, 0.4) is 0 Å². The fraction of sp³-hybridized carbons (Fsp3) is 0.357. The molecule has 0 bridgehead atoms. The number of benzene rings is 3.